The van der Waals surface area contributed by atoms with Gasteiger partial charge in [-0.1, -0.05) is 38.5 Å². The molecule has 1 aliphatic carbocycles. The van der Waals surface area contributed by atoms with E-state index in [-0.39, 0.29) is 5.41 Å². The molecule has 16 heavy (non-hydrogen) atoms. The third-order valence-corrected chi connectivity index (χ3v) is 3.87. The Balaban J connectivity index is 2.94. The summed E-state index contributed by atoms with van der Waals surface area (Å²) in [5.74, 6) is 0. The van der Waals surface area contributed by atoms with Gasteiger partial charge in [-0.2, -0.15) is 0 Å². The lowest BCUT2D eigenvalue weighted by Gasteiger charge is -2.33. The molecule has 1 heteroatoms. The highest BCUT2D eigenvalue weighted by Gasteiger charge is 2.27. The molecule has 0 fully saturated rings. The Labute approximate surface area is 100 Å². The number of aliphatic hydroxyl groups is 1. The Hall–Kier alpha value is -0.560. The highest BCUT2D eigenvalue weighted by molar-refractivity contribution is 5.33. The molecule has 0 saturated carbocycles. The first kappa shape index (κ1) is 13.5. The van der Waals surface area contributed by atoms with E-state index >= 15 is 0 Å². The predicted octanol–water partition coefficient (Wildman–Crippen LogP) is 4.23. The highest BCUT2D eigenvalue weighted by Crippen LogP contribution is 2.40. The zero-order chi connectivity index (χ0) is 12.4. The van der Waals surface area contributed by atoms with Crippen molar-refractivity contribution >= 4 is 0 Å². The van der Waals surface area contributed by atoms with Gasteiger partial charge >= 0.3 is 0 Å². The number of allylic oxidation sites excluding steroid dienone is 3. The summed E-state index contributed by atoms with van der Waals surface area (Å²) in [5.41, 5.74) is 2.51. The standard InChI is InChI=1S/C15H26O/c1-6-15(5,16)11-9-13-12(2)8-7-10-14(13,3)4/h9,11,16H,6-8,10H2,1-5H3/b11-9+. The van der Waals surface area contributed by atoms with Crippen LogP contribution in [-0.4, -0.2) is 10.7 Å². The van der Waals surface area contributed by atoms with Crippen LogP contribution in [0, 0.1) is 5.41 Å². The molecule has 1 rings (SSSR count). The summed E-state index contributed by atoms with van der Waals surface area (Å²) in [6, 6.07) is 0. The van der Waals surface area contributed by atoms with Gasteiger partial charge in [0.05, 0.1) is 5.60 Å². The monoisotopic (exact) mass is 222 g/mol. The van der Waals surface area contributed by atoms with Gasteiger partial charge in [-0.05, 0) is 50.5 Å². The minimum Gasteiger partial charge on any atom is -0.386 e. The van der Waals surface area contributed by atoms with Crippen LogP contribution in [0.15, 0.2) is 23.3 Å². The van der Waals surface area contributed by atoms with E-state index < -0.39 is 5.60 Å². The van der Waals surface area contributed by atoms with Crippen LogP contribution in [-0.2, 0) is 0 Å². The van der Waals surface area contributed by atoms with Crippen molar-refractivity contribution in [3.63, 3.8) is 0 Å². The fourth-order valence-corrected chi connectivity index (χ4v) is 2.39. The maximum Gasteiger partial charge on any atom is 0.0800 e. The Kier molecular flexibility index (Phi) is 4.01. The SMILES string of the molecule is CCC(C)(O)/C=C/C1=C(C)CCCC1(C)C. The summed E-state index contributed by atoms with van der Waals surface area (Å²) < 4.78 is 0. The quantitative estimate of drug-likeness (QED) is 0.757. The molecule has 0 aromatic rings. The molecule has 1 atom stereocenters. The molecule has 1 N–H and O–H groups in total. The average molecular weight is 222 g/mol. The van der Waals surface area contributed by atoms with Crippen LogP contribution in [0.3, 0.4) is 0 Å². The molecule has 0 amide bonds. The van der Waals surface area contributed by atoms with Crippen LogP contribution in [0.25, 0.3) is 0 Å². The maximum atomic E-state index is 10.0. The van der Waals surface area contributed by atoms with Crippen LogP contribution >= 0.6 is 0 Å². The molecule has 1 nitrogen and oxygen atoms in total. The van der Waals surface area contributed by atoms with E-state index in [0.29, 0.717) is 0 Å². The molecule has 1 aliphatic rings. The van der Waals surface area contributed by atoms with Gasteiger partial charge < -0.3 is 5.11 Å². The van der Waals surface area contributed by atoms with E-state index in [1.54, 1.807) is 0 Å². The minimum absolute atomic E-state index is 0.267. The fraction of sp³-hybridized carbons (Fsp3) is 0.733. The van der Waals surface area contributed by atoms with Crippen molar-refractivity contribution in [1.29, 1.82) is 0 Å². The smallest absolute Gasteiger partial charge is 0.0800 e. The van der Waals surface area contributed by atoms with Gasteiger partial charge in [0, 0.05) is 0 Å². The van der Waals surface area contributed by atoms with E-state index in [0.717, 1.165) is 6.42 Å². The molecule has 0 bridgehead atoms. The molecule has 92 valence electrons. The number of hydrogen-bond donors (Lipinski definition) is 1. The van der Waals surface area contributed by atoms with Crippen LogP contribution < -0.4 is 0 Å². The molecule has 0 spiro atoms. The normalized spacial score (nSPS) is 24.9. The second-order valence-electron chi connectivity index (χ2n) is 5.98. The zero-order valence-corrected chi connectivity index (χ0v) is 11.4. The largest absolute Gasteiger partial charge is 0.386 e. The molecule has 0 saturated heterocycles. The number of rotatable bonds is 3. The van der Waals surface area contributed by atoms with Crippen LogP contribution in [0.5, 0.6) is 0 Å². The first-order valence-electron chi connectivity index (χ1n) is 6.40. The molecule has 0 aliphatic heterocycles. The maximum absolute atomic E-state index is 10.0. The molecule has 0 aromatic heterocycles. The van der Waals surface area contributed by atoms with Crippen molar-refractivity contribution in [2.24, 2.45) is 5.41 Å². The molecule has 0 radical (unpaired) electrons. The lowest BCUT2D eigenvalue weighted by atomic mass is 9.72. The van der Waals surface area contributed by atoms with E-state index in [4.69, 9.17) is 0 Å². The molecule has 0 aromatic carbocycles. The van der Waals surface area contributed by atoms with Crippen molar-refractivity contribution < 1.29 is 5.11 Å². The summed E-state index contributed by atoms with van der Waals surface area (Å²) in [7, 11) is 0. The molecular weight excluding hydrogens is 196 g/mol. The van der Waals surface area contributed by atoms with Gasteiger partial charge in [-0.3, -0.25) is 0 Å². The summed E-state index contributed by atoms with van der Waals surface area (Å²) in [6.45, 7) is 10.7. The van der Waals surface area contributed by atoms with Crippen molar-refractivity contribution in [2.75, 3.05) is 0 Å². The lowest BCUT2D eigenvalue weighted by Crippen LogP contribution is -2.22. The van der Waals surface area contributed by atoms with E-state index in [2.05, 4.69) is 26.8 Å². The van der Waals surface area contributed by atoms with Crippen molar-refractivity contribution in [3.05, 3.63) is 23.3 Å². The van der Waals surface area contributed by atoms with Crippen molar-refractivity contribution in [1.82, 2.24) is 0 Å². The van der Waals surface area contributed by atoms with Crippen LogP contribution in [0.2, 0.25) is 0 Å². The van der Waals surface area contributed by atoms with Crippen LogP contribution in [0.1, 0.15) is 60.3 Å². The summed E-state index contributed by atoms with van der Waals surface area (Å²) in [5, 5.41) is 10.0. The van der Waals surface area contributed by atoms with Gasteiger partial charge in [-0.25, -0.2) is 0 Å². The van der Waals surface area contributed by atoms with Crippen molar-refractivity contribution in [2.45, 2.75) is 65.9 Å². The van der Waals surface area contributed by atoms with Gasteiger partial charge in [0.1, 0.15) is 0 Å². The summed E-state index contributed by atoms with van der Waals surface area (Å²) in [4.78, 5) is 0. The predicted molar refractivity (Wildman–Crippen MR) is 70.4 cm³/mol. The minimum atomic E-state index is -0.666. The molecule has 1 unspecified atom stereocenters. The lowest BCUT2D eigenvalue weighted by molar-refractivity contribution is 0.107. The summed E-state index contributed by atoms with van der Waals surface area (Å²) >= 11 is 0. The van der Waals surface area contributed by atoms with E-state index in [9.17, 15) is 5.11 Å². The molecular formula is C15H26O. The van der Waals surface area contributed by atoms with E-state index in [1.807, 2.05) is 19.9 Å². The highest BCUT2D eigenvalue weighted by atomic mass is 16.3. The van der Waals surface area contributed by atoms with Crippen molar-refractivity contribution in [3.8, 4) is 0 Å². The Morgan fingerprint density at radius 2 is 2.06 bits per heavy atom. The number of hydrogen-bond acceptors (Lipinski definition) is 1. The van der Waals surface area contributed by atoms with Gasteiger partial charge in [-0.15, -0.1) is 0 Å². The second-order valence-corrected chi connectivity index (χ2v) is 5.98. The summed E-state index contributed by atoms with van der Waals surface area (Å²) in [6.07, 6.45) is 8.61. The van der Waals surface area contributed by atoms with E-state index in [1.165, 1.54) is 30.4 Å². The Morgan fingerprint density at radius 1 is 1.44 bits per heavy atom. The average Bonchev–Trinajstić information content (AvgIpc) is 2.16. The van der Waals surface area contributed by atoms with Gasteiger partial charge in [0.25, 0.3) is 0 Å². The third-order valence-electron chi connectivity index (χ3n) is 3.87. The van der Waals surface area contributed by atoms with Gasteiger partial charge in [0.2, 0.25) is 0 Å². The van der Waals surface area contributed by atoms with Crippen LogP contribution in [0.4, 0.5) is 0 Å². The van der Waals surface area contributed by atoms with Gasteiger partial charge in [0.15, 0.2) is 0 Å². The Bertz CT molecular complexity index is 305. The second kappa shape index (κ2) is 4.75. The fourth-order valence-electron chi connectivity index (χ4n) is 2.39. The third kappa shape index (κ3) is 3.21. The Morgan fingerprint density at radius 3 is 2.56 bits per heavy atom. The first-order valence-corrected chi connectivity index (χ1v) is 6.40. The zero-order valence-electron chi connectivity index (χ0n) is 11.4. The first-order chi connectivity index (χ1) is 7.28. The molecule has 0 heterocycles. The topological polar surface area (TPSA) is 20.2 Å².